The van der Waals surface area contributed by atoms with E-state index >= 15 is 0 Å². The molecule has 0 unspecified atom stereocenters. The van der Waals surface area contributed by atoms with Gasteiger partial charge in [-0.2, -0.15) is 0 Å². The lowest BCUT2D eigenvalue weighted by molar-refractivity contribution is -0.0979. The summed E-state index contributed by atoms with van der Waals surface area (Å²) in [6, 6.07) is 0. The second-order valence-electron chi connectivity index (χ2n) is 1.03. The quantitative estimate of drug-likeness (QED) is 0.448. The molecule has 2 heteroatoms. The minimum absolute atomic E-state index is 0.889. The SMILES string of the molecule is C1=COCC1.C=O. The highest BCUT2D eigenvalue weighted by molar-refractivity contribution is 5.10. The van der Waals surface area contributed by atoms with E-state index in [0.29, 0.717) is 0 Å². The summed E-state index contributed by atoms with van der Waals surface area (Å²) in [5.41, 5.74) is 0. The molecule has 40 valence electrons. The van der Waals surface area contributed by atoms with Crippen molar-refractivity contribution in [1.82, 2.24) is 0 Å². The molecule has 1 rings (SSSR count). The van der Waals surface area contributed by atoms with E-state index in [0.717, 1.165) is 13.0 Å². The van der Waals surface area contributed by atoms with Gasteiger partial charge in [-0.15, -0.1) is 0 Å². The van der Waals surface area contributed by atoms with E-state index in [1.54, 1.807) is 6.26 Å². The molecule has 1 aliphatic heterocycles. The van der Waals surface area contributed by atoms with Crippen LogP contribution in [0.2, 0.25) is 0 Å². The summed E-state index contributed by atoms with van der Waals surface area (Å²) in [6.07, 6.45) is 4.85. The predicted octanol–water partition coefficient (Wildman–Crippen LogP) is 0.735. The summed E-state index contributed by atoms with van der Waals surface area (Å²) in [7, 11) is 0. The first-order valence-corrected chi connectivity index (χ1v) is 2.05. The Morgan fingerprint density at radius 3 is 2.43 bits per heavy atom. The molecule has 0 N–H and O–H groups in total. The Morgan fingerprint density at radius 2 is 2.29 bits per heavy atom. The Kier molecular flexibility index (Phi) is 4.62. The molecule has 0 aromatic heterocycles. The van der Waals surface area contributed by atoms with E-state index in [-0.39, 0.29) is 0 Å². The highest BCUT2D eigenvalue weighted by Gasteiger charge is 1.83. The molecule has 0 fully saturated rings. The average molecular weight is 100 g/mol. The third-order valence-electron chi connectivity index (χ3n) is 0.595. The van der Waals surface area contributed by atoms with Crippen molar-refractivity contribution in [2.24, 2.45) is 0 Å². The summed E-state index contributed by atoms with van der Waals surface area (Å²) in [6.45, 7) is 2.89. The maximum absolute atomic E-state index is 8.00. The molecular formula is C5H8O2. The first-order chi connectivity index (χ1) is 3.50. The number of hydrogen-bond donors (Lipinski definition) is 0. The maximum atomic E-state index is 8.00. The Bertz CT molecular complexity index is 53.1. The zero-order chi connectivity index (χ0) is 5.54. The number of carbonyl (C=O) groups excluding carboxylic acids is 1. The zero-order valence-electron chi connectivity index (χ0n) is 4.09. The zero-order valence-corrected chi connectivity index (χ0v) is 4.09. The monoisotopic (exact) mass is 100 g/mol. The minimum Gasteiger partial charge on any atom is -0.501 e. The number of ether oxygens (including phenoxy) is 1. The maximum Gasteiger partial charge on any atom is 0.106 e. The van der Waals surface area contributed by atoms with Crippen molar-refractivity contribution in [1.29, 1.82) is 0 Å². The molecule has 1 aliphatic rings. The van der Waals surface area contributed by atoms with Crippen molar-refractivity contribution < 1.29 is 9.53 Å². The predicted molar refractivity (Wildman–Crippen MR) is 26.8 cm³/mol. The Morgan fingerprint density at radius 1 is 1.57 bits per heavy atom. The van der Waals surface area contributed by atoms with Gasteiger partial charge in [-0.1, -0.05) is 0 Å². The molecule has 2 nitrogen and oxygen atoms in total. The standard InChI is InChI=1S/C4H6O.CH2O/c1-2-4-5-3-1;1-2/h1,3H,2,4H2;1H2. The van der Waals surface area contributed by atoms with Crippen LogP contribution < -0.4 is 0 Å². The fourth-order valence-corrected chi connectivity index (χ4v) is 0.340. The van der Waals surface area contributed by atoms with Crippen LogP contribution in [0.1, 0.15) is 6.42 Å². The smallest absolute Gasteiger partial charge is 0.106 e. The summed E-state index contributed by atoms with van der Waals surface area (Å²) >= 11 is 0. The van der Waals surface area contributed by atoms with Gasteiger partial charge >= 0.3 is 0 Å². The largest absolute Gasteiger partial charge is 0.501 e. The molecule has 0 bridgehead atoms. The molecule has 0 aliphatic carbocycles. The summed E-state index contributed by atoms with van der Waals surface area (Å²) in [5, 5.41) is 0. The minimum atomic E-state index is 0.889. The van der Waals surface area contributed by atoms with Gasteiger partial charge in [-0.25, -0.2) is 0 Å². The van der Waals surface area contributed by atoms with E-state index in [2.05, 4.69) is 0 Å². The van der Waals surface area contributed by atoms with Crippen LogP contribution in [-0.2, 0) is 9.53 Å². The van der Waals surface area contributed by atoms with Crippen LogP contribution in [0.5, 0.6) is 0 Å². The summed E-state index contributed by atoms with van der Waals surface area (Å²) < 4.78 is 4.76. The van der Waals surface area contributed by atoms with Crippen LogP contribution >= 0.6 is 0 Å². The van der Waals surface area contributed by atoms with Crippen molar-refractivity contribution in [2.45, 2.75) is 6.42 Å². The number of carbonyl (C=O) groups is 1. The molecule has 0 radical (unpaired) electrons. The van der Waals surface area contributed by atoms with Gasteiger partial charge in [0.1, 0.15) is 6.79 Å². The van der Waals surface area contributed by atoms with Gasteiger partial charge in [0.25, 0.3) is 0 Å². The van der Waals surface area contributed by atoms with Crippen LogP contribution in [0.4, 0.5) is 0 Å². The first-order valence-electron chi connectivity index (χ1n) is 2.05. The van der Waals surface area contributed by atoms with Crippen molar-refractivity contribution in [3.05, 3.63) is 12.3 Å². The third-order valence-corrected chi connectivity index (χ3v) is 0.595. The molecule has 0 saturated carbocycles. The van der Waals surface area contributed by atoms with Gasteiger partial charge in [0.05, 0.1) is 12.9 Å². The Balaban J connectivity index is 0.000000162. The van der Waals surface area contributed by atoms with E-state index in [9.17, 15) is 0 Å². The van der Waals surface area contributed by atoms with Gasteiger partial charge in [0.2, 0.25) is 0 Å². The number of hydrogen-bond acceptors (Lipinski definition) is 2. The highest BCUT2D eigenvalue weighted by atomic mass is 16.5. The van der Waals surface area contributed by atoms with Crippen LogP contribution in [0, 0.1) is 0 Å². The first kappa shape index (κ1) is 6.21. The normalized spacial score (nSPS) is 14.3. The van der Waals surface area contributed by atoms with Crippen molar-refractivity contribution in [2.75, 3.05) is 6.61 Å². The van der Waals surface area contributed by atoms with Gasteiger partial charge < -0.3 is 9.53 Å². The van der Waals surface area contributed by atoms with Crippen LogP contribution in [0.3, 0.4) is 0 Å². The topological polar surface area (TPSA) is 26.3 Å². The van der Waals surface area contributed by atoms with Crippen molar-refractivity contribution in [3.8, 4) is 0 Å². The van der Waals surface area contributed by atoms with Crippen LogP contribution in [-0.4, -0.2) is 13.4 Å². The summed E-state index contributed by atoms with van der Waals surface area (Å²) in [4.78, 5) is 8.00. The highest BCUT2D eigenvalue weighted by Crippen LogP contribution is 1.93. The lowest BCUT2D eigenvalue weighted by Gasteiger charge is -1.79. The van der Waals surface area contributed by atoms with E-state index in [4.69, 9.17) is 9.53 Å². The van der Waals surface area contributed by atoms with Gasteiger partial charge in [-0.05, 0) is 6.08 Å². The van der Waals surface area contributed by atoms with E-state index in [1.165, 1.54) is 0 Å². The van der Waals surface area contributed by atoms with Gasteiger partial charge in [0, 0.05) is 6.42 Å². The summed E-state index contributed by atoms with van der Waals surface area (Å²) in [5.74, 6) is 0. The Labute approximate surface area is 42.8 Å². The average Bonchev–Trinajstić information content (AvgIpc) is 2.23. The van der Waals surface area contributed by atoms with Crippen LogP contribution in [0.15, 0.2) is 12.3 Å². The second-order valence-corrected chi connectivity index (χ2v) is 1.03. The fraction of sp³-hybridized carbons (Fsp3) is 0.400. The lowest BCUT2D eigenvalue weighted by Crippen LogP contribution is -1.70. The third kappa shape index (κ3) is 3.03. The second kappa shape index (κ2) is 5.21. The molecule has 0 aromatic carbocycles. The molecule has 0 spiro atoms. The van der Waals surface area contributed by atoms with E-state index < -0.39 is 0 Å². The van der Waals surface area contributed by atoms with E-state index in [1.807, 2.05) is 12.9 Å². The Hall–Kier alpha value is -0.790. The molecule has 0 saturated heterocycles. The van der Waals surface area contributed by atoms with Gasteiger partial charge in [-0.3, -0.25) is 0 Å². The molecule has 1 heterocycles. The van der Waals surface area contributed by atoms with Crippen molar-refractivity contribution >= 4 is 6.79 Å². The number of rotatable bonds is 0. The molecular weight excluding hydrogens is 92.1 g/mol. The van der Waals surface area contributed by atoms with Gasteiger partial charge in [0.15, 0.2) is 0 Å². The molecule has 0 atom stereocenters. The lowest BCUT2D eigenvalue weighted by atomic mass is 10.5. The van der Waals surface area contributed by atoms with Crippen LogP contribution in [0.25, 0.3) is 0 Å². The fourth-order valence-electron chi connectivity index (χ4n) is 0.340. The molecule has 0 aromatic rings. The van der Waals surface area contributed by atoms with Crippen molar-refractivity contribution in [3.63, 3.8) is 0 Å². The molecule has 0 amide bonds. The molecule has 7 heavy (non-hydrogen) atoms.